The molecule has 6 heteroatoms. The van der Waals surface area contributed by atoms with E-state index in [1.807, 2.05) is 0 Å². The zero-order chi connectivity index (χ0) is 15.4. The molecule has 0 heterocycles. The quantitative estimate of drug-likeness (QED) is 0.603. The van der Waals surface area contributed by atoms with E-state index in [1.54, 1.807) is 46.7 Å². The summed E-state index contributed by atoms with van der Waals surface area (Å²) in [6.45, 7) is 6.65. The van der Waals surface area contributed by atoms with Gasteiger partial charge in [-0.15, -0.1) is 0 Å². The van der Waals surface area contributed by atoms with Gasteiger partial charge in [0.25, 0.3) is 5.91 Å². The van der Waals surface area contributed by atoms with Gasteiger partial charge in [0, 0.05) is 17.2 Å². The molecule has 0 bridgehead atoms. The minimum absolute atomic E-state index is 0.181. The maximum atomic E-state index is 11.9. The van der Waals surface area contributed by atoms with Crippen molar-refractivity contribution in [2.45, 2.75) is 33.2 Å². The molecular weight excluding hydrogens is 246 g/mol. The van der Waals surface area contributed by atoms with Crippen LogP contribution in [0.2, 0.25) is 0 Å². The van der Waals surface area contributed by atoms with E-state index in [4.69, 9.17) is 10.8 Å². The second-order valence-corrected chi connectivity index (χ2v) is 5.91. The van der Waals surface area contributed by atoms with Gasteiger partial charge in [-0.3, -0.25) is 19.8 Å². The Morgan fingerprint density at radius 1 is 1.26 bits per heavy atom. The van der Waals surface area contributed by atoms with Gasteiger partial charge < -0.3 is 10.8 Å². The molecule has 0 aliphatic carbocycles. The maximum Gasteiger partial charge on any atom is 0.252 e. The van der Waals surface area contributed by atoms with Crippen LogP contribution in [0.15, 0.2) is 11.8 Å². The molecular formula is C13H25N3O3. The van der Waals surface area contributed by atoms with Gasteiger partial charge in [-0.05, 0) is 27.9 Å². The summed E-state index contributed by atoms with van der Waals surface area (Å²) < 4.78 is 0. The number of aliphatic hydroxyl groups excluding tert-OH is 1. The van der Waals surface area contributed by atoms with Gasteiger partial charge in [0.1, 0.15) is 0 Å². The monoisotopic (exact) mass is 271 g/mol. The molecule has 0 aromatic rings. The van der Waals surface area contributed by atoms with Crippen LogP contribution in [0.3, 0.4) is 0 Å². The van der Waals surface area contributed by atoms with Gasteiger partial charge in [-0.1, -0.05) is 13.8 Å². The predicted molar refractivity (Wildman–Crippen MR) is 74.1 cm³/mol. The van der Waals surface area contributed by atoms with E-state index in [2.05, 4.69) is 5.32 Å². The normalized spacial score (nSPS) is 13.6. The Balaban J connectivity index is 4.83. The zero-order valence-electron chi connectivity index (χ0n) is 12.6. The zero-order valence-corrected chi connectivity index (χ0v) is 12.6. The lowest BCUT2D eigenvalue weighted by atomic mass is 9.90. The van der Waals surface area contributed by atoms with Gasteiger partial charge in [0.15, 0.2) is 0 Å². The third-order valence-corrected chi connectivity index (χ3v) is 3.37. The highest BCUT2D eigenvalue weighted by molar-refractivity contribution is 6.04. The second-order valence-electron chi connectivity index (χ2n) is 5.91. The Hall–Kier alpha value is -1.40. The number of likely N-dealkylation sites (N-methyl/N-ethyl adjacent to an activating group) is 1. The number of amides is 2. The SMILES string of the molecule is CN(C)C(C)(C)C(=O)NC(=O)C=C(N)C(C)(C)CO. The predicted octanol–water partition coefficient (Wildman–Crippen LogP) is -0.169. The van der Waals surface area contributed by atoms with Crippen LogP contribution in [0, 0.1) is 5.41 Å². The van der Waals surface area contributed by atoms with Crippen molar-refractivity contribution in [2.75, 3.05) is 20.7 Å². The number of rotatable bonds is 5. The molecule has 0 unspecified atom stereocenters. The molecule has 0 spiro atoms. The fraction of sp³-hybridized carbons (Fsp3) is 0.692. The second kappa shape index (κ2) is 6.16. The number of nitrogens with one attached hydrogen (secondary N) is 1. The van der Waals surface area contributed by atoms with Crippen LogP contribution in [0.25, 0.3) is 0 Å². The minimum atomic E-state index is -0.801. The van der Waals surface area contributed by atoms with E-state index in [0.29, 0.717) is 0 Å². The molecule has 0 rings (SSSR count). The van der Waals surface area contributed by atoms with Gasteiger partial charge in [-0.25, -0.2) is 0 Å². The summed E-state index contributed by atoms with van der Waals surface area (Å²) >= 11 is 0. The maximum absolute atomic E-state index is 11.9. The molecule has 0 aromatic heterocycles. The highest BCUT2D eigenvalue weighted by Crippen LogP contribution is 2.20. The van der Waals surface area contributed by atoms with Crippen LogP contribution in [0.1, 0.15) is 27.7 Å². The van der Waals surface area contributed by atoms with E-state index in [-0.39, 0.29) is 12.3 Å². The highest BCUT2D eigenvalue weighted by Gasteiger charge is 2.31. The topological polar surface area (TPSA) is 95.7 Å². The van der Waals surface area contributed by atoms with Crippen LogP contribution in [-0.4, -0.2) is 48.1 Å². The summed E-state index contributed by atoms with van der Waals surface area (Å²) in [5.41, 5.74) is 4.45. The van der Waals surface area contributed by atoms with E-state index in [0.717, 1.165) is 6.08 Å². The molecule has 4 N–H and O–H groups in total. The molecule has 0 saturated carbocycles. The van der Waals surface area contributed by atoms with E-state index >= 15 is 0 Å². The molecule has 2 amide bonds. The molecule has 0 radical (unpaired) electrons. The van der Waals surface area contributed by atoms with E-state index in [1.165, 1.54) is 0 Å². The first-order valence-corrected chi connectivity index (χ1v) is 6.06. The third-order valence-electron chi connectivity index (χ3n) is 3.37. The van der Waals surface area contributed by atoms with Crippen molar-refractivity contribution in [3.05, 3.63) is 11.8 Å². The van der Waals surface area contributed by atoms with Gasteiger partial charge in [-0.2, -0.15) is 0 Å². The summed E-state index contributed by atoms with van der Waals surface area (Å²) in [4.78, 5) is 25.3. The molecule has 19 heavy (non-hydrogen) atoms. The molecule has 0 aliphatic heterocycles. The number of nitrogens with two attached hydrogens (primary N) is 1. The number of hydrogen-bond donors (Lipinski definition) is 3. The van der Waals surface area contributed by atoms with Crippen LogP contribution in [0.5, 0.6) is 0 Å². The molecule has 0 fully saturated rings. The van der Waals surface area contributed by atoms with Crippen molar-refractivity contribution in [3.8, 4) is 0 Å². The lowest BCUT2D eigenvalue weighted by Crippen LogP contribution is -2.53. The van der Waals surface area contributed by atoms with Crippen molar-refractivity contribution in [1.29, 1.82) is 0 Å². The third kappa shape index (κ3) is 4.65. The average Bonchev–Trinajstić information content (AvgIpc) is 2.28. The van der Waals surface area contributed by atoms with Crippen molar-refractivity contribution >= 4 is 11.8 Å². The fourth-order valence-electron chi connectivity index (χ4n) is 0.932. The summed E-state index contributed by atoms with van der Waals surface area (Å²) in [5, 5.41) is 11.4. The Kier molecular flexibility index (Phi) is 5.71. The van der Waals surface area contributed by atoms with Crippen molar-refractivity contribution in [2.24, 2.45) is 11.1 Å². The average molecular weight is 271 g/mol. The van der Waals surface area contributed by atoms with E-state index in [9.17, 15) is 9.59 Å². The Morgan fingerprint density at radius 2 is 1.74 bits per heavy atom. The summed E-state index contributed by atoms with van der Waals surface area (Å²) in [5.74, 6) is -0.993. The van der Waals surface area contributed by atoms with Crippen molar-refractivity contribution in [3.63, 3.8) is 0 Å². The fourth-order valence-corrected chi connectivity index (χ4v) is 0.932. The number of hydrogen-bond acceptors (Lipinski definition) is 5. The first-order chi connectivity index (χ1) is 8.45. The number of aliphatic hydroxyl groups is 1. The minimum Gasteiger partial charge on any atom is -0.401 e. The van der Waals surface area contributed by atoms with Crippen LogP contribution < -0.4 is 11.1 Å². The molecule has 0 aliphatic rings. The van der Waals surface area contributed by atoms with Crippen molar-refractivity contribution in [1.82, 2.24) is 10.2 Å². The Labute approximate surface area is 114 Å². The summed E-state index contributed by atoms with van der Waals surface area (Å²) in [7, 11) is 3.51. The number of nitrogens with zero attached hydrogens (tertiary/aromatic N) is 1. The standard InChI is InChI=1S/C13H25N3O3/c1-12(2,8-17)9(14)7-10(18)15-11(19)13(3,4)16(5)6/h7,17H,8,14H2,1-6H3,(H,15,18,19). The summed E-state index contributed by atoms with van der Waals surface area (Å²) in [6, 6.07) is 0. The van der Waals surface area contributed by atoms with Gasteiger partial charge >= 0.3 is 0 Å². The lowest BCUT2D eigenvalue weighted by Gasteiger charge is -2.30. The molecule has 6 nitrogen and oxygen atoms in total. The lowest BCUT2D eigenvalue weighted by molar-refractivity contribution is -0.134. The van der Waals surface area contributed by atoms with Gasteiger partial charge in [0.05, 0.1) is 12.1 Å². The number of carbonyl (C=O) groups is 2. The molecule has 0 atom stereocenters. The first-order valence-electron chi connectivity index (χ1n) is 6.06. The molecule has 0 aromatic carbocycles. The smallest absolute Gasteiger partial charge is 0.252 e. The largest absolute Gasteiger partial charge is 0.401 e. The van der Waals surface area contributed by atoms with E-state index < -0.39 is 22.8 Å². The van der Waals surface area contributed by atoms with Crippen LogP contribution in [0.4, 0.5) is 0 Å². The highest BCUT2D eigenvalue weighted by atomic mass is 16.3. The van der Waals surface area contributed by atoms with Gasteiger partial charge in [0.2, 0.25) is 5.91 Å². The first kappa shape index (κ1) is 17.6. The Bertz CT molecular complexity index is 385. The van der Waals surface area contributed by atoms with Crippen molar-refractivity contribution < 1.29 is 14.7 Å². The Morgan fingerprint density at radius 3 is 2.11 bits per heavy atom. The van der Waals surface area contributed by atoms with Crippen LogP contribution in [-0.2, 0) is 9.59 Å². The molecule has 0 saturated heterocycles. The van der Waals surface area contributed by atoms with Crippen LogP contribution >= 0.6 is 0 Å². The number of carbonyl (C=O) groups excluding carboxylic acids is 2. The number of imide groups is 1. The summed E-state index contributed by atoms with van der Waals surface area (Å²) in [6.07, 6.45) is 1.14. The molecule has 110 valence electrons.